The molecule has 2 aliphatic heterocycles. The molecule has 2 amide bonds. The van der Waals surface area contributed by atoms with Gasteiger partial charge in [-0.15, -0.1) is 0 Å². The Balaban J connectivity index is 1.24. The molecule has 8 nitrogen and oxygen atoms in total. The summed E-state index contributed by atoms with van der Waals surface area (Å²) in [5.41, 5.74) is 1.63. The molecule has 0 saturated carbocycles. The summed E-state index contributed by atoms with van der Waals surface area (Å²) < 4.78 is 5.67. The predicted molar refractivity (Wildman–Crippen MR) is 146 cm³/mol. The number of aromatic nitrogens is 1. The van der Waals surface area contributed by atoms with Gasteiger partial charge in [0, 0.05) is 50.1 Å². The molecule has 1 aromatic heterocycles. The molecule has 2 atom stereocenters. The zero-order valence-electron chi connectivity index (χ0n) is 22.2. The lowest BCUT2D eigenvalue weighted by Gasteiger charge is -2.35. The Hall–Kier alpha value is -3.23. The molecule has 38 heavy (non-hydrogen) atoms. The number of ketones is 1. The second-order valence-corrected chi connectivity index (χ2v) is 10.7. The number of fused-ring (bicyclic) bond motifs is 1. The summed E-state index contributed by atoms with van der Waals surface area (Å²) in [5.74, 6) is -1.18. The number of methoxy groups -OCH3 is 1. The minimum atomic E-state index is -0.614. The number of carbonyl (C=O) groups excluding carboxylic acids is 3. The molecule has 2 fully saturated rings. The summed E-state index contributed by atoms with van der Waals surface area (Å²) in [5, 5.41) is 4.07. The molecule has 202 valence electrons. The predicted octanol–water partition coefficient (Wildman–Crippen LogP) is 1.10. The first-order chi connectivity index (χ1) is 18.5. The first-order valence-electron chi connectivity index (χ1n) is 13.8. The Kier molecular flexibility index (Phi) is 8.39. The van der Waals surface area contributed by atoms with E-state index >= 15 is 0 Å². The van der Waals surface area contributed by atoms with E-state index < -0.39 is 23.7 Å². The molecule has 2 saturated heterocycles. The summed E-state index contributed by atoms with van der Waals surface area (Å²) in [6, 6.07) is 10.5. The van der Waals surface area contributed by atoms with E-state index in [1.807, 2.05) is 23.1 Å². The van der Waals surface area contributed by atoms with Gasteiger partial charge in [0.1, 0.15) is 0 Å². The van der Waals surface area contributed by atoms with Crippen LogP contribution < -0.4 is 15.9 Å². The molecular formula is C30H38N4O4. The van der Waals surface area contributed by atoms with E-state index in [-0.39, 0.29) is 5.91 Å². The Bertz CT molecular complexity index is 1260. The van der Waals surface area contributed by atoms with Crippen molar-refractivity contribution in [1.29, 1.82) is 0 Å². The Morgan fingerprint density at radius 1 is 1.03 bits per heavy atom. The van der Waals surface area contributed by atoms with Gasteiger partial charge in [0.2, 0.25) is 5.91 Å². The quantitative estimate of drug-likeness (QED) is 0.383. The van der Waals surface area contributed by atoms with Crippen molar-refractivity contribution in [3.8, 4) is 0 Å². The maximum Gasteiger partial charge on any atom is 0.292 e. The Labute approximate surface area is 223 Å². The van der Waals surface area contributed by atoms with Crippen LogP contribution in [0, 0.1) is 11.8 Å². The summed E-state index contributed by atoms with van der Waals surface area (Å²) in [6.45, 7) is 4.70. The van der Waals surface area contributed by atoms with Crippen LogP contribution in [0.5, 0.6) is 0 Å². The van der Waals surface area contributed by atoms with Crippen LogP contribution in [-0.2, 0) is 20.7 Å². The van der Waals surface area contributed by atoms with Crippen molar-refractivity contribution in [2.45, 2.75) is 38.2 Å². The fourth-order valence-electron chi connectivity index (χ4n) is 5.98. The molecular weight excluding hydrogens is 480 g/mol. The second-order valence-electron chi connectivity index (χ2n) is 10.7. The van der Waals surface area contributed by atoms with Crippen LogP contribution in [0.2, 0.25) is 0 Å². The number of piperidine rings is 1. The van der Waals surface area contributed by atoms with Crippen LogP contribution in [0.25, 0.3) is 12.2 Å². The molecule has 0 radical (unpaired) electrons. The van der Waals surface area contributed by atoms with Crippen LogP contribution in [0.3, 0.4) is 0 Å². The third kappa shape index (κ3) is 5.92. The molecule has 0 bridgehead atoms. The number of rotatable bonds is 9. The molecule has 2 N–H and O–H groups in total. The van der Waals surface area contributed by atoms with Crippen LogP contribution in [-0.4, -0.2) is 84.9 Å². The maximum atomic E-state index is 13.6. The highest BCUT2D eigenvalue weighted by Gasteiger charge is 2.34. The standard InChI is InChI=1S/C30H38N4O4/c1-38-27-19-26-23(25(20-32-26)28(35)29(36)31-11-16-33-12-5-6-13-33)18-24(27)30(37)34-14-9-22(10-15-34)17-21-7-3-2-4-8-21/h2-4,7-8,18-20,22,24,27,32H,5-6,9-17H2,1H3,(H,31,36). The summed E-state index contributed by atoms with van der Waals surface area (Å²) in [7, 11) is 1.59. The Morgan fingerprint density at radius 2 is 1.76 bits per heavy atom. The highest BCUT2D eigenvalue weighted by atomic mass is 16.5. The highest BCUT2D eigenvalue weighted by Crippen LogP contribution is 2.25. The van der Waals surface area contributed by atoms with Gasteiger partial charge in [-0.3, -0.25) is 14.4 Å². The molecule has 2 unspecified atom stereocenters. The van der Waals surface area contributed by atoms with E-state index in [0.717, 1.165) is 38.9 Å². The fraction of sp³-hybridized carbons (Fsp3) is 0.500. The van der Waals surface area contributed by atoms with Crippen LogP contribution in [0.15, 0.2) is 36.5 Å². The zero-order chi connectivity index (χ0) is 26.5. The average Bonchev–Trinajstić information content (AvgIpc) is 3.62. The van der Waals surface area contributed by atoms with Gasteiger partial charge in [-0.1, -0.05) is 36.4 Å². The lowest BCUT2D eigenvalue weighted by molar-refractivity contribution is -0.137. The summed E-state index contributed by atoms with van der Waals surface area (Å²) in [6.07, 6.45) is 10.1. The average molecular weight is 519 g/mol. The smallest absolute Gasteiger partial charge is 0.292 e. The van der Waals surface area contributed by atoms with E-state index in [4.69, 9.17) is 4.74 Å². The van der Waals surface area contributed by atoms with Gasteiger partial charge in [0.25, 0.3) is 11.7 Å². The number of H-pyrrole nitrogens is 1. The highest BCUT2D eigenvalue weighted by molar-refractivity contribution is 6.42. The second kappa shape index (κ2) is 12.1. The zero-order valence-corrected chi connectivity index (χ0v) is 22.2. The van der Waals surface area contributed by atoms with Gasteiger partial charge in [-0.25, -0.2) is 0 Å². The normalized spacial score (nSPS) is 21.9. The third-order valence-corrected chi connectivity index (χ3v) is 8.20. The number of aromatic amines is 1. The van der Waals surface area contributed by atoms with Crippen molar-refractivity contribution in [3.05, 3.63) is 58.2 Å². The van der Waals surface area contributed by atoms with Gasteiger partial charge in [-0.05, 0) is 62.8 Å². The molecule has 1 aromatic carbocycles. The SMILES string of the molecule is COC1C=c2[nH]cc(C(=O)C(=O)NCCN3CCCC3)c2=CC1C(=O)N1CCC(Cc2ccccc2)CC1. The van der Waals surface area contributed by atoms with Crippen molar-refractivity contribution in [1.82, 2.24) is 20.1 Å². The monoisotopic (exact) mass is 518 g/mol. The van der Waals surface area contributed by atoms with Gasteiger partial charge < -0.3 is 24.8 Å². The molecule has 3 heterocycles. The number of Topliss-reactive ketones (excluding diaryl/α,β-unsaturated/α-hetero) is 1. The van der Waals surface area contributed by atoms with E-state index in [9.17, 15) is 14.4 Å². The number of likely N-dealkylation sites (tertiary alicyclic amines) is 2. The van der Waals surface area contributed by atoms with E-state index in [2.05, 4.69) is 39.5 Å². The van der Waals surface area contributed by atoms with E-state index in [0.29, 0.717) is 41.7 Å². The van der Waals surface area contributed by atoms with Crippen LogP contribution in [0.1, 0.15) is 41.6 Å². The number of nitrogens with zero attached hydrogens (tertiary/aromatic N) is 2. The lowest BCUT2D eigenvalue weighted by Crippen LogP contribution is -2.48. The molecule has 5 rings (SSSR count). The lowest BCUT2D eigenvalue weighted by atomic mass is 9.88. The molecule has 1 aliphatic carbocycles. The van der Waals surface area contributed by atoms with Crippen molar-refractivity contribution in [2.24, 2.45) is 11.8 Å². The van der Waals surface area contributed by atoms with Gasteiger partial charge in [-0.2, -0.15) is 0 Å². The minimum Gasteiger partial charge on any atom is -0.376 e. The van der Waals surface area contributed by atoms with Gasteiger partial charge >= 0.3 is 0 Å². The van der Waals surface area contributed by atoms with Crippen molar-refractivity contribution in [2.75, 3.05) is 46.4 Å². The van der Waals surface area contributed by atoms with Crippen molar-refractivity contribution < 1.29 is 19.1 Å². The number of hydrogen-bond donors (Lipinski definition) is 2. The number of ether oxygens (including phenoxy) is 1. The number of nitrogens with one attached hydrogen (secondary N) is 2. The van der Waals surface area contributed by atoms with Crippen LogP contribution in [0.4, 0.5) is 0 Å². The number of benzene rings is 1. The van der Waals surface area contributed by atoms with Crippen molar-refractivity contribution in [3.63, 3.8) is 0 Å². The summed E-state index contributed by atoms with van der Waals surface area (Å²) in [4.78, 5) is 46.6. The van der Waals surface area contributed by atoms with Gasteiger partial charge in [0.15, 0.2) is 0 Å². The number of amides is 2. The number of hydrogen-bond acceptors (Lipinski definition) is 5. The van der Waals surface area contributed by atoms with E-state index in [1.54, 1.807) is 13.3 Å². The van der Waals surface area contributed by atoms with E-state index in [1.165, 1.54) is 18.4 Å². The third-order valence-electron chi connectivity index (χ3n) is 8.20. The molecule has 2 aromatic rings. The molecule has 0 spiro atoms. The maximum absolute atomic E-state index is 13.6. The topological polar surface area (TPSA) is 94.7 Å². The first kappa shape index (κ1) is 26.4. The first-order valence-corrected chi connectivity index (χ1v) is 13.8. The van der Waals surface area contributed by atoms with Crippen LogP contribution >= 0.6 is 0 Å². The summed E-state index contributed by atoms with van der Waals surface area (Å²) >= 11 is 0. The van der Waals surface area contributed by atoms with Gasteiger partial charge in [0.05, 0.1) is 17.6 Å². The molecule has 8 heteroatoms. The largest absolute Gasteiger partial charge is 0.376 e. The molecule has 3 aliphatic rings. The van der Waals surface area contributed by atoms with Crippen molar-refractivity contribution >= 4 is 29.7 Å². The number of carbonyl (C=O) groups is 3. The Morgan fingerprint density at radius 3 is 2.47 bits per heavy atom. The minimum absolute atomic E-state index is 0.00609. The fourth-order valence-corrected chi connectivity index (χ4v) is 5.98.